The predicted molar refractivity (Wildman–Crippen MR) is 71.0 cm³/mol. The van der Waals surface area contributed by atoms with Gasteiger partial charge in [0.2, 0.25) is 0 Å². The third kappa shape index (κ3) is 1.45. The Morgan fingerprint density at radius 1 is 0.667 bits per heavy atom. The van der Waals surface area contributed by atoms with Crippen LogP contribution in [0.5, 0.6) is 0 Å². The van der Waals surface area contributed by atoms with Crippen molar-refractivity contribution in [3.63, 3.8) is 0 Å². The Hall–Kier alpha value is -2.10. The normalized spacial score (nSPS) is 16.7. The molecule has 2 aromatic rings. The molecule has 0 radical (unpaired) electrons. The Morgan fingerprint density at radius 2 is 1.11 bits per heavy atom. The molecule has 4 rings (SSSR count). The van der Waals surface area contributed by atoms with Gasteiger partial charge in [0.15, 0.2) is 11.6 Å². The fourth-order valence-corrected chi connectivity index (χ4v) is 2.54. The Kier molecular flexibility index (Phi) is 2.03. The first-order valence-corrected chi connectivity index (χ1v) is 6.43. The summed E-state index contributed by atoms with van der Waals surface area (Å²) in [5, 5.41) is 4.36. The van der Waals surface area contributed by atoms with Crippen LogP contribution in [0.3, 0.4) is 0 Å². The summed E-state index contributed by atoms with van der Waals surface area (Å²) in [7, 11) is 0. The lowest BCUT2D eigenvalue weighted by atomic mass is 10.2. The quantitative estimate of drug-likeness (QED) is 0.704. The maximum atomic E-state index is 4.60. The third-order valence-corrected chi connectivity index (χ3v) is 3.45. The highest BCUT2D eigenvalue weighted by Crippen LogP contribution is 2.03. The summed E-state index contributed by atoms with van der Waals surface area (Å²) >= 11 is 0. The van der Waals surface area contributed by atoms with Gasteiger partial charge < -0.3 is 9.97 Å². The molecule has 90 valence electrons. The van der Waals surface area contributed by atoms with Gasteiger partial charge in [0.1, 0.15) is 0 Å². The predicted octanol–water partition coefficient (Wildman–Crippen LogP) is -0.491. The molecule has 0 bridgehead atoms. The number of nitrogens with zero attached hydrogens (tertiary/aromatic N) is 2. The highest BCUT2D eigenvalue weighted by atomic mass is 15.0. The van der Waals surface area contributed by atoms with E-state index in [0.29, 0.717) is 0 Å². The number of aromatic nitrogens is 4. The van der Waals surface area contributed by atoms with E-state index in [9.17, 15) is 0 Å². The first kappa shape index (κ1) is 9.88. The summed E-state index contributed by atoms with van der Waals surface area (Å²) < 4.78 is 0. The molecular formula is C14H14N4. The molecule has 4 nitrogen and oxygen atoms in total. The minimum absolute atomic E-state index is 0.839. The van der Waals surface area contributed by atoms with Gasteiger partial charge in [-0.25, -0.2) is 9.97 Å². The van der Waals surface area contributed by atoms with Crippen LogP contribution in [-0.2, 0) is 0 Å². The third-order valence-electron chi connectivity index (χ3n) is 3.45. The molecule has 4 heteroatoms. The Labute approximate surface area is 103 Å². The molecule has 2 N–H and O–H groups in total. The van der Waals surface area contributed by atoms with Crippen molar-refractivity contribution in [1.82, 2.24) is 19.9 Å². The van der Waals surface area contributed by atoms with E-state index < -0.39 is 0 Å². The number of hydrogen-bond acceptors (Lipinski definition) is 2. The average Bonchev–Trinajstić information content (AvgIpc) is 3.02. The molecule has 0 unspecified atom stereocenters. The van der Waals surface area contributed by atoms with Crippen LogP contribution in [0.25, 0.3) is 36.0 Å². The first-order valence-electron chi connectivity index (χ1n) is 6.43. The number of H-pyrrole nitrogens is 2. The minimum Gasteiger partial charge on any atom is -0.336 e. The van der Waals surface area contributed by atoms with Crippen molar-refractivity contribution in [3.8, 4) is 11.6 Å². The molecule has 0 saturated heterocycles. The van der Waals surface area contributed by atoms with E-state index in [1.54, 1.807) is 0 Å². The average molecular weight is 238 g/mol. The van der Waals surface area contributed by atoms with Crippen molar-refractivity contribution in [2.24, 2.45) is 0 Å². The van der Waals surface area contributed by atoms with Gasteiger partial charge in [-0.2, -0.15) is 0 Å². The highest BCUT2D eigenvalue weighted by Gasteiger charge is 2.08. The number of nitrogens with one attached hydrogen (secondary N) is 2. The molecule has 2 heterocycles. The van der Waals surface area contributed by atoms with Crippen LogP contribution in [-0.4, -0.2) is 19.9 Å². The van der Waals surface area contributed by atoms with E-state index in [-0.39, 0.29) is 0 Å². The second kappa shape index (κ2) is 3.70. The number of aromatic amines is 2. The zero-order valence-corrected chi connectivity index (χ0v) is 10.0. The lowest BCUT2D eigenvalue weighted by Gasteiger charge is -1.89. The molecular weight excluding hydrogens is 224 g/mol. The zero-order chi connectivity index (χ0) is 11.9. The van der Waals surface area contributed by atoms with Crippen molar-refractivity contribution >= 4 is 24.3 Å². The van der Waals surface area contributed by atoms with Gasteiger partial charge in [-0.1, -0.05) is 24.3 Å². The lowest BCUT2D eigenvalue weighted by Crippen LogP contribution is -2.26. The summed E-state index contributed by atoms with van der Waals surface area (Å²) in [4.78, 5) is 15.9. The summed E-state index contributed by atoms with van der Waals surface area (Å²) in [6.45, 7) is 0. The van der Waals surface area contributed by atoms with Gasteiger partial charge in [-0.05, 0) is 25.7 Å². The van der Waals surface area contributed by atoms with E-state index in [4.69, 9.17) is 0 Å². The number of imidazole rings is 2. The summed E-state index contributed by atoms with van der Waals surface area (Å²) in [5.41, 5.74) is 0. The maximum Gasteiger partial charge on any atom is 0.174 e. The van der Waals surface area contributed by atoms with Crippen molar-refractivity contribution in [2.75, 3.05) is 0 Å². The van der Waals surface area contributed by atoms with Crippen LogP contribution in [0.4, 0.5) is 0 Å². The van der Waals surface area contributed by atoms with Gasteiger partial charge >= 0.3 is 0 Å². The first-order chi connectivity index (χ1) is 8.90. The summed E-state index contributed by atoms with van der Waals surface area (Å²) in [6, 6.07) is 0. The lowest BCUT2D eigenvalue weighted by molar-refractivity contribution is 1.09. The van der Waals surface area contributed by atoms with Crippen LogP contribution in [0.15, 0.2) is 0 Å². The standard InChI is InChI=1S/C14H14N4/c1-2-6-10-9(5-1)15-13(16-10)14-17-11-7-3-4-8-12(11)18-14/h5-8H,1-4H2,(H,15,16)(H,17,18). The SMILES string of the molecule is C1=c2nc(-c3nc4c([nH]3)=CCCC=4)[nH]c2=CCC1. The largest absolute Gasteiger partial charge is 0.336 e. The Balaban J connectivity index is 1.94. The fourth-order valence-electron chi connectivity index (χ4n) is 2.54. The van der Waals surface area contributed by atoms with Crippen molar-refractivity contribution in [1.29, 1.82) is 0 Å². The monoisotopic (exact) mass is 238 g/mol. The van der Waals surface area contributed by atoms with Gasteiger partial charge in [0, 0.05) is 0 Å². The molecule has 0 fully saturated rings. The Bertz CT molecular complexity index is 696. The van der Waals surface area contributed by atoms with Crippen molar-refractivity contribution in [2.45, 2.75) is 25.7 Å². The van der Waals surface area contributed by atoms with E-state index in [2.05, 4.69) is 44.2 Å². The van der Waals surface area contributed by atoms with Crippen molar-refractivity contribution in [3.05, 3.63) is 21.4 Å². The van der Waals surface area contributed by atoms with Crippen LogP contribution < -0.4 is 21.4 Å². The van der Waals surface area contributed by atoms with Crippen LogP contribution in [0.2, 0.25) is 0 Å². The van der Waals surface area contributed by atoms with E-state index in [0.717, 1.165) is 58.7 Å². The second-order valence-electron chi connectivity index (χ2n) is 4.74. The maximum absolute atomic E-state index is 4.60. The summed E-state index contributed by atoms with van der Waals surface area (Å²) in [5.74, 6) is 1.68. The van der Waals surface area contributed by atoms with E-state index in [1.807, 2.05) is 0 Å². The van der Waals surface area contributed by atoms with Crippen LogP contribution in [0.1, 0.15) is 25.7 Å². The number of hydrogen-bond donors (Lipinski definition) is 2. The Morgan fingerprint density at radius 3 is 1.56 bits per heavy atom. The molecule has 18 heavy (non-hydrogen) atoms. The van der Waals surface area contributed by atoms with Gasteiger partial charge in [-0.3, -0.25) is 0 Å². The molecule has 0 saturated carbocycles. The molecule has 0 amide bonds. The van der Waals surface area contributed by atoms with Gasteiger partial charge in [0.05, 0.1) is 21.4 Å². The highest BCUT2D eigenvalue weighted by molar-refractivity contribution is 5.48. The molecule has 0 atom stereocenters. The van der Waals surface area contributed by atoms with E-state index in [1.165, 1.54) is 0 Å². The second-order valence-corrected chi connectivity index (χ2v) is 4.74. The van der Waals surface area contributed by atoms with Crippen molar-refractivity contribution < 1.29 is 0 Å². The number of fused-ring (bicyclic) bond motifs is 2. The topological polar surface area (TPSA) is 57.4 Å². The fraction of sp³-hybridized carbons (Fsp3) is 0.286. The summed E-state index contributed by atoms with van der Waals surface area (Å²) in [6.07, 6.45) is 13.1. The molecule has 2 aromatic heterocycles. The van der Waals surface area contributed by atoms with Crippen LogP contribution >= 0.6 is 0 Å². The van der Waals surface area contributed by atoms with Gasteiger partial charge in [-0.15, -0.1) is 0 Å². The smallest absolute Gasteiger partial charge is 0.174 e. The van der Waals surface area contributed by atoms with Crippen LogP contribution in [0, 0.1) is 0 Å². The molecule has 2 aliphatic rings. The molecule has 2 aliphatic carbocycles. The number of rotatable bonds is 1. The zero-order valence-electron chi connectivity index (χ0n) is 10.0. The molecule has 0 spiro atoms. The minimum atomic E-state index is 0.839. The van der Waals surface area contributed by atoms with E-state index >= 15 is 0 Å². The van der Waals surface area contributed by atoms with Gasteiger partial charge in [0.25, 0.3) is 0 Å². The molecule has 0 aromatic carbocycles. The molecule has 0 aliphatic heterocycles.